The number of anilines is 2. The Hall–Kier alpha value is -1.72. The van der Waals surface area contributed by atoms with Gasteiger partial charge in [0.25, 0.3) is 5.91 Å². The van der Waals surface area contributed by atoms with E-state index < -0.39 is 0 Å². The third-order valence-corrected chi connectivity index (χ3v) is 4.03. The number of halogens is 2. The molecular formula is C15H12BrClN2O2. The number of nitrogens with two attached hydrogens (primary N) is 1. The van der Waals surface area contributed by atoms with Gasteiger partial charge in [-0.25, -0.2) is 0 Å². The van der Waals surface area contributed by atoms with Crippen LogP contribution in [0.3, 0.4) is 0 Å². The molecule has 2 N–H and O–H groups in total. The highest BCUT2D eigenvalue weighted by atomic mass is 79.9. The first kappa shape index (κ1) is 14.2. The fourth-order valence-corrected chi connectivity index (χ4v) is 2.76. The standard InChI is InChI=1S/C15H12BrClN2O2/c16-10-2-4-14-13(5-10)19(15(20)8-21-14)7-9-1-3-11(17)6-12(9)18/h1-6H,7-8,18H2. The van der Waals surface area contributed by atoms with Crippen molar-refractivity contribution in [3.05, 3.63) is 51.5 Å². The molecule has 0 bridgehead atoms. The van der Waals surface area contributed by atoms with Gasteiger partial charge in [0.15, 0.2) is 6.61 Å². The van der Waals surface area contributed by atoms with Gasteiger partial charge in [-0.05, 0) is 35.9 Å². The van der Waals surface area contributed by atoms with Crippen LogP contribution in [0.4, 0.5) is 11.4 Å². The molecule has 4 nitrogen and oxygen atoms in total. The van der Waals surface area contributed by atoms with Crippen molar-refractivity contribution in [3.63, 3.8) is 0 Å². The molecule has 1 heterocycles. The summed E-state index contributed by atoms with van der Waals surface area (Å²) in [4.78, 5) is 13.8. The molecule has 0 atom stereocenters. The van der Waals surface area contributed by atoms with Gasteiger partial charge in [0.2, 0.25) is 0 Å². The first-order valence-corrected chi connectivity index (χ1v) is 7.48. The molecule has 0 saturated heterocycles. The molecule has 1 aliphatic rings. The summed E-state index contributed by atoms with van der Waals surface area (Å²) >= 11 is 9.32. The summed E-state index contributed by atoms with van der Waals surface area (Å²) in [6, 6.07) is 10.9. The number of rotatable bonds is 2. The second-order valence-electron chi connectivity index (χ2n) is 4.72. The van der Waals surface area contributed by atoms with Gasteiger partial charge >= 0.3 is 0 Å². The van der Waals surface area contributed by atoms with Crippen LogP contribution in [0.1, 0.15) is 5.56 Å². The number of hydrogen-bond acceptors (Lipinski definition) is 3. The molecule has 2 aromatic carbocycles. The lowest BCUT2D eigenvalue weighted by Crippen LogP contribution is -2.38. The third kappa shape index (κ3) is 2.84. The summed E-state index contributed by atoms with van der Waals surface area (Å²) in [6.45, 7) is 0.413. The molecule has 1 aliphatic heterocycles. The number of carbonyl (C=O) groups is 1. The van der Waals surface area contributed by atoms with Crippen molar-refractivity contribution in [2.75, 3.05) is 17.2 Å². The van der Waals surface area contributed by atoms with E-state index in [-0.39, 0.29) is 12.5 Å². The Balaban J connectivity index is 1.98. The minimum absolute atomic E-state index is 0.0299. The maximum atomic E-state index is 12.2. The Morgan fingerprint density at radius 3 is 2.86 bits per heavy atom. The number of benzene rings is 2. The van der Waals surface area contributed by atoms with Gasteiger partial charge in [-0.1, -0.05) is 33.6 Å². The quantitative estimate of drug-likeness (QED) is 0.825. The summed E-state index contributed by atoms with van der Waals surface area (Å²) < 4.78 is 6.33. The van der Waals surface area contributed by atoms with Gasteiger partial charge < -0.3 is 15.4 Å². The minimum atomic E-state index is -0.102. The number of nitrogen functional groups attached to an aromatic ring is 1. The van der Waals surface area contributed by atoms with Crippen LogP contribution >= 0.6 is 27.5 Å². The highest BCUT2D eigenvalue weighted by Gasteiger charge is 2.26. The Morgan fingerprint density at radius 2 is 2.10 bits per heavy atom. The zero-order chi connectivity index (χ0) is 15.0. The Labute approximate surface area is 135 Å². The fourth-order valence-electron chi connectivity index (χ4n) is 2.23. The maximum absolute atomic E-state index is 12.2. The molecule has 3 rings (SSSR count). The van der Waals surface area contributed by atoms with Crippen molar-refractivity contribution < 1.29 is 9.53 Å². The summed E-state index contributed by atoms with van der Waals surface area (Å²) in [5, 5.41) is 0.577. The molecular weight excluding hydrogens is 356 g/mol. The molecule has 108 valence electrons. The topological polar surface area (TPSA) is 55.6 Å². The number of amides is 1. The lowest BCUT2D eigenvalue weighted by Gasteiger charge is -2.30. The van der Waals surface area contributed by atoms with Crippen molar-refractivity contribution in [1.29, 1.82) is 0 Å². The number of hydrogen-bond donors (Lipinski definition) is 1. The smallest absolute Gasteiger partial charge is 0.265 e. The molecule has 0 unspecified atom stereocenters. The second kappa shape index (κ2) is 5.58. The molecule has 6 heteroatoms. The summed E-state index contributed by atoms with van der Waals surface area (Å²) in [6.07, 6.45) is 0. The molecule has 1 amide bonds. The first-order valence-electron chi connectivity index (χ1n) is 6.31. The van der Waals surface area contributed by atoms with Gasteiger partial charge in [0, 0.05) is 15.2 Å². The summed E-state index contributed by atoms with van der Waals surface area (Å²) in [7, 11) is 0. The van der Waals surface area contributed by atoms with E-state index in [4.69, 9.17) is 22.1 Å². The van der Waals surface area contributed by atoms with Crippen LogP contribution in [-0.2, 0) is 11.3 Å². The minimum Gasteiger partial charge on any atom is -0.482 e. The van der Waals surface area contributed by atoms with E-state index in [2.05, 4.69) is 15.9 Å². The number of ether oxygens (including phenoxy) is 1. The zero-order valence-corrected chi connectivity index (χ0v) is 13.3. The highest BCUT2D eigenvalue weighted by Crippen LogP contribution is 2.36. The molecule has 0 aliphatic carbocycles. The zero-order valence-electron chi connectivity index (χ0n) is 11.0. The van der Waals surface area contributed by atoms with Crippen molar-refractivity contribution >= 4 is 44.8 Å². The fraction of sp³-hybridized carbons (Fsp3) is 0.133. The van der Waals surface area contributed by atoms with E-state index in [0.29, 0.717) is 23.0 Å². The van der Waals surface area contributed by atoms with Crippen LogP contribution in [0.25, 0.3) is 0 Å². The van der Waals surface area contributed by atoms with Crippen molar-refractivity contribution in [2.24, 2.45) is 0 Å². The first-order chi connectivity index (χ1) is 10.0. The Kier molecular flexibility index (Phi) is 3.78. The van der Waals surface area contributed by atoms with Crippen LogP contribution in [0, 0.1) is 0 Å². The molecule has 2 aromatic rings. The highest BCUT2D eigenvalue weighted by molar-refractivity contribution is 9.10. The molecule has 0 saturated carbocycles. The largest absolute Gasteiger partial charge is 0.482 e. The Bertz CT molecular complexity index is 721. The van der Waals surface area contributed by atoms with Crippen LogP contribution < -0.4 is 15.4 Å². The Morgan fingerprint density at radius 1 is 1.29 bits per heavy atom. The van der Waals surface area contributed by atoms with Gasteiger partial charge in [-0.2, -0.15) is 0 Å². The van der Waals surface area contributed by atoms with Gasteiger partial charge in [0.05, 0.1) is 12.2 Å². The van der Waals surface area contributed by atoms with E-state index in [1.54, 1.807) is 17.0 Å². The predicted octanol–water partition coefficient (Wildman–Crippen LogP) is 3.61. The van der Waals surface area contributed by atoms with E-state index >= 15 is 0 Å². The maximum Gasteiger partial charge on any atom is 0.265 e. The normalized spacial score (nSPS) is 13.8. The van der Waals surface area contributed by atoms with Crippen LogP contribution in [0.5, 0.6) is 5.75 Å². The number of fused-ring (bicyclic) bond motifs is 1. The average Bonchev–Trinajstić information content (AvgIpc) is 2.44. The molecule has 0 spiro atoms. The summed E-state index contributed by atoms with van der Waals surface area (Å²) in [5.74, 6) is 0.584. The molecule has 0 aromatic heterocycles. The molecule has 0 radical (unpaired) electrons. The average molecular weight is 368 g/mol. The second-order valence-corrected chi connectivity index (χ2v) is 6.08. The monoisotopic (exact) mass is 366 g/mol. The molecule has 0 fully saturated rings. The van der Waals surface area contributed by atoms with E-state index in [1.165, 1.54) is 0 Å². The van der Waals surface area contributed by atoms with Gasteiger partial charge in [0.1, 0.15) is 5.75 Å². The lowest BCUT2D eigenvalue weighted by molar-refractivity contribution is -0.121. The number of carbonyl (C=O) groups excluding carboxylic acids is 1. The van der Waals surface area contributed by atoms with E-state index in [0.717, 1.165) is 15.7 Å². The van der Waals surface area contributed by atoms with Crippen molar-refractivity contribution in [1.82, 2.24) is 0 Å². The van der Waals surface area contributed by atoms with Crippen LogP contribution in [-0.4, -0.2) is 12.5 Å². The van der Waals surface area contributed by atoms with Crippen molar-refractivity contribution in [2.45, 2.75) is 6.54 Å². The SMILES string of the molecule is Nc1cc(Cl)ccc1CN1C(=O)COc2ccc(Br)cc21. The van der Waals surface area contributed by atoms with Crippen LogP contribution in [0.15, 0.2) is 40.9 Å². The predicted molar refractivity (Wildman–Crippen MR) is 86.7 cm³/mol. The van der Waals surface area contributed by atoms with E-state index in [9.17, 15) is 4.79 Å². The van der Waals surface area contributed by atoms with Gasteiger partial charge in [-0.15, -0.1) is 0 Å². The van der Waals surface area contributed by atoms with Crippen molar-refractivity contribution in [3.8, 4) is 5.75 Å². The summed E-state index contributed by atoms with van der Waals surface area (Å²) in [5.41, 5.74) is 8.12. The van der Waals surface area contributed by atoms with Gasteiger partial charge in [-0.3, -0.25) is 4.79 Å². The number of nitrogens with zero attached hydrogens (tertiary/aromatic N) is 1. The molecule has 21 heavy (non-hydrogen) atoms. The van der Waals surface area contributed by atoms with E-state index in [1.807, 2.05) is 24.3 Å². The lowest BCUT2D eigenvalue weighted by atomic mass is 10.1. The van der Waals surface area contributed by atoms with Crippen LogP contribution in [0.2, 0.25) is 5.02 Å². The third-order valence-electron chi connectivity index (χ3n) is 3.30.